The number of nitrogens with zero attached hydrogens (tertiary/aromatic N) is 3. The highest BCUT2D eigenvalue weighted by atomic mass is 32.2. The quantitative estimate of drug-likeness (QED) is 0.768. The van der Waals surface area contributed by atoms with Crippen LogP contribution in [-0.4, -0.2) is 21.8 Å². The highest BCUT2D eigenvalue weighted by Crippen LogP contribution is 2.32. The fourth-order valence-corrected chi connectivity index (χ4v) is 4.51. The molecule has 6 heteroatoms. The summed E-state index contributed by atoms with van der Waals surface area (Å²) in [5.74, 6) is 0.806. The monoisotopic (exact) mass is 420 g/mol. The first kappa shape index (κ1) is 20.7. The summed E-state index contributed by atoms with van der Waals surface area (Å²) in [5, 5.41) is 11.8. The fraction of sp³-hybridized carbons (Fsp3) is 0.375. The molecular weight excluding hydrogens is 392 g/mol. The molecule has 2 aliphatic heterocycles. The zero-order chi connectivity index (χ0) is 21.3. The van der Waals surface area contributed by atoms with E-state index >= 15 is 0 Å². The van der Waals surface area contributed by atoms with Gasteiger partial charge in [0, 0.05) is 11.0 Å². The van der Waals surface area contributed by atoms with Gasteiger partial charge >= 0.3 is 0 Å². The highest BCUT2D eigenvalue weighted by Gasteiger charge is 2.34. The summed E-state index contributed by atoms with van der Waals surface area (Å²) in [6.07, 6.45) is 1.83. The molecule has 0 radical (unpaired) electrons. The Morgan fingerprint density at radius 2 is 1.83 bits per heavy atom. The Hall–Kier alpha value is -2.60. The van der Waals surface area contributed by atoms with Crippen LogP contribution in [-0.2, 0) is 10.2 Å². The first-order chi connectivity index (χ1) is 14.4. The Labute approximate surface area is 182 Å². The van der Waals surface area contributed by atoms with Crippen molar-refractivity contribution in [1.29, 1.82) is 0 Å². The van der Waals surface area contributed by atoms with Gasteiger partial charge in [0.15, 0.2) is 11.3 Å². The predicted octanol–water partition coefficient (Wildman–Crippen LogP) is 3.66. The lowest BCUT2D eigenvalue weighted by Crippen LogP contribution is -2.50. The van der Waals surface area contributed by atoms with E-state index < -0.39 is 0 Å². The third-order valence-corrected chi connectivity index (χ3v) is 6.28. The second kappa shape index (κ2) is 8.26. The van der Waals surface area contributed by atoms with Crippen LogP contribution in [0.5, 0.6) is 0 Å². The van der Waals surface area contributed by atoms with Gasteiger partial charge in [0.25, 0.3) is 5.91 Å². The van der Waals surface area contributed by atoms with Gasteiger partial charge in [-0.05, 0) is 29.0 Å². The summed E-state index contributed by atoms with van der Waals surface area (Å²) in [6, 6.07) is 16.3. The zero-order valence-electron chi connectivity index (χ0n) is 18.0. The fourth-order valence-electron chi connectivity index (χ4n) is 3.58. The van der Waals surface area contributed by atoms with E-state index in [0.29, 0.717) is 10.9 Å². The largest absolute Gasteiger partial charge is 0.298 e. The minimum atomic E-state index is -0.364. The SMILES string of the molecule is CCCCSC1=NN2C(=c3ccccc3=N[C@@H]2c2ccc(C(C)(C)C)cc2)C(=O)N1. The molecule has 1 N–H and O–H groups in total. The smallest absolute Gasteiger partial charge is 0.276 e. The van der Waals surface area contributed by atoms with Gasteiger partial charge in [0.2, 0.25) is 0 Å². The number of amides is 1. The standard InChI is InChI=1S/C24H28N4OS/c1-5-6-15-30-23-26-22(29)20-18-9-7-8-10-19(18)25-21(28(20)27-23)16-11-13-17(14-12-16)24(2,3)4/h7-14,21H,5-6,15H2,1-4H3,(H,26,27,29)/t21-/m0/s1. The number of fused-ring (bicyclic) bond motifs is 2. The predicted molar refractivity (Wildman–Crippen MR) is 123 cm³/mol. The number of unbranched alkanes of at least 4 members (excludes halogenated alkanes) is 1. The maximum atomic E-state index is 13.1. The number of hydrogen-bond acceptors (Lipinski definition) is 5. The van der Waals surface area contributed by atoms with Crippen molar-refractivity contribution in [1.82, 2.24) is 10.3 Å². The molecule has 0 aromatic heterocycles. The van der Waals surface area contributed by atoms with Crippen molar-refractivity contribution < 1.29 is 4.79 Å². The molecule has 1 atom stereocenters. The lowest BCUT2D eigenvalue weighted by Gasteiger charge is -2.34. The van der Waals surface area contributed by atoms with E-state index in [1.165, 1.54) is 5.56 Å². The van der Waals surface area contributed by atoms with Crippen molar-refractivity contribution in [2.45, 2.75) is 52.1 Å². The normalized spacial score (nSPS) is 18.2. The van der Waals surface area contributed by atoms with E-state index in [0.717, 1.165) is 34.7 Å². The molecule has 0 bridgehead atoms. The van der Waals surface area contributed by atoms with E-state index in [-0.39, 0.29) is 17.5 Å². The van der Waals surface area contributed by atoms with Crippen LogP contribution in [0.4, 0.5) is 0 Å². The van der Waals surface area contributed by atoms with Crippen molar-refractivity contribution in [3.8, 4) is 0 Å². The Bertz CT molecular complexity index is 1100. The van der Waals surface area contributed by atoms with E-state index in [9.17, 15) is 4.79 Å². The molecule has 2 aliphatic rings. The van der Waals surface area contributed by atoms with Gasteiger partial charge in [-0.15, -0.1) is 5.10 Å². The van der Waals surface area contributed by atoms with Gasteiger partial charge in [0.1, 0.15) is 5.70 Å². The lowest BCUT2D eigenvalue weighted by atomic mass is 9.86. The molecule has 2 aromatic carbocycles. The lowest BCUT2D eigenvalue weighted by molar-refractivity contribution is -0.116. The van der Waals surface area contributed by atoms with Gasteiger partial charge in [-0.25, -0.2) is 5.01 Å². The second-order valence-corrected chi connectivity index (χ2v) is 9.73. The van der Waals surface area contributed by atoms with E-state index in [4.69, 9.17) is 10.1 Å². The molecule has 4 rings (SSSR count). The van der Waals surface area contributed by atoms with Crippen LogP contribution in [0.3, 0.4) is 0 Å². The number of thioether (sulfide) groups is 1. The number of benzene rings is 2. The second-order valence-electron chi connectivity index (χ2n) is 8.65. The molecule has 2 heterocycles. The van der Waals surface area contributed by atoms with Crippen LogP contribution in [0, 0.1) is 0 Å². The molecule has 156 valence electrons. The third-order valence-electron chi connectivity index (χ3n) is 5.33. The van der Waals surface area contributed by atoms with Crippen LogP contribution in [0.2, 0.25) is 0 Å². The van der Waals surface area contributed by atoms with Crippen LogP contribution in [0.25, 0.3) is 5.70 Å². The summed E-state index contributed by atoms with van der Waals surface area (Å²) in [4.78, 5) is 18.0. The summed E-state index contributed by atoms with van der Waals surface area (Å²) in [6.45, 7) is 8.77. The molecule has 5 nitrogen and oxygen atoms in total. The van der Waals surface area contributed by atoms with E-state index in [1.807, 2.05) is 24.3 Å². The summed E-state index contributed by atoms with van der Waals surface area (Å²) in [7, 11) is 0. The van der Waals surface area contributed by atoms with Crippen LogP contribution in [0.1, 0.15) is 57.8 Å². The number of hydrogen-bond donors (Lipinski definition) is 1. The number of carbonyl (C=O) groups excluding carboxylic acids is 1. The minimum Gasteiger partial charge on any atom is -0.298 e. The Morgan fingerprint density at radius 1 is 1.10 bits per heavy atom. The average molecular weight is 421 g/mol. The molecule has 0 spiro atoms. The molecule has 2 aromatic rings. The molecule has 30 heavy (non-hydrogen) atoms. The number of hydrazone groups is 1. The van der Waals surface area contributed by atoms with E-state index in [1.54, 1.807) is 16.8 Å². The number of amidine groups is 1. The summed E-state index contributed by atoms with van der Waals surface area (Å²) >= 11 is 1.59. The topological polar surface area (TPSA) is 57.1 Å². The van der Waals surface area contributed by atoms with Crippen molar-refractivity contribution in [2.75, 3.05) is 5.75 Å². The van der Waals surface area contributed by atoms with Crippen molar-refractivity contribution in [2.24, 2.45) is 10.1 Å². The molecule has 0 saturated heterocycles. The Morgan fingerprint density at radius 3 is 2.53 bits per heavy atom. The van der Waals surface area contributed by atoms with Crippen molar-refractivity contribution in [3.05, 3.63) is 70.2 Å². The third kappa shape index (κ3) is 4.01. The van der Waals surface area contributed by atoms with Crippen molar-refractivity contribution >= 4 is 28.5 Å². The first-order valence-electron chi connectivity index (χ1n) is 10.5. The van der Waals surface area contributed by atoms with Gasteiger partial charge in [-0.3, -0.25) is 15.1 Å². The molecule has 0 aliphatic carbocycles. The Kier molecular flexibility index (Phi) is 5.69. The van der Waals surface area contributed by atoms with Crippen molar-refractivity contribution in [3.63, 3.8) is 0 Å². The molecule has 0 fully saturated rings. The molecule has 0 unspecified atom stereocenters. The number of nitrogens with one attached hydrogen (secondary N) is 1. The zero-order valence-corrected chi connectivity index (χ0v) is 18.8. The van der Waals surface area contributed by atoms with E-state index in [2.05, 4.69) is 57.3 Å². The summed E-state index contributed by atoms with van der Waals surface area (Å²) < 4.78 is 0. The van der Waals surface area contributed by atoms with Gasteiger partial charge < -0.3 is 0 Å². The summed E-state index contributed by atoms with van der Waals surface area (Å²) in [5.41, 5.74) is 2.93. The first-order valence-corrected chi connectivity index (χ1v) is 11.5. The molecule has 0 saturated carbocycles. The maximum Gasteiger partial charge on any atom is 0.276 e. The number of carbonyl (C=O) groups is 1. The van der Waals surface area contributed by atoms with Gasteiger partial charge in [0.05, 0.1) is 5.36 Å². The number of para-hydroxylation sites is 1. The average Bonchev–Trinajstić information content (AvgIpc) is 2.72. The van der Waals surface area contributed by atoms with Crippen LogP contribution >= 0.6 is 11.8 Å². The molecular formula is C24H28N4OS. The highest BCUT2D eigenvalue weighted by molar-refractivity contribution is 8.13. The van der Waals surface area contributed by atoms with Crippen LogP contribution < -0.4 is 15.9 Å². The van der Waals surface area contributed by atoms with Crippen LogP contribution in [0.15, 0.2) is 58.6 Å². The maximum absolute atomic E-state index is 13.1. The minimum absolute atomic E-state index is 0.0817. The Balaban J connectivity index is 1.79. The molecule has 1 amide bonds. The van der Waals surface area contributed by atoms with Gasteiger partial charge in [-0.2, -0.15) is 0 Å². The van der Waals surface area contributed by atoms with Gasteiger partial charge in [-0.1, -0.05) is 88.3 Å². The number of rotatable bonds is 4.